The van der Waals surface area contributed by atoms with Crippen LogP contribution in [0.15, 0.2) is 0 Å². The first kappa shape index (κ1) is 18.4. The van der Waals surface area contributed by atoms with Crippen LogP contribution < -0.4 is 0 Å². The number of hydrogen-bond donors (Lipinski definition) is 0. The first-order valence-corrected chi connectivity index (χ1v) is 9.03. The molecule has 1 aromatic heterocycles. The summed E-state index contributed by atoms with van der Waals surface area (Å²) in [6, 6.07) is 0. The molecule has 2 rings (SSSR count). The molecule has 2 heterocycles. The van der Waals surface area contributed by atoms with Crippen LogP contribution in [0.2, 0.25) is 4.34 Å². The number of carbonyl (C=O) groups is 1. The molecule has 0 saturated carbocycles. The van der Waals surface area contributed by atoms with Gasteiger partial charge in [0.05, 0.1) is 0 Å². The maximum Gasteiger partial charge on any atom is 0.410 e. The van der Waals surface area contributed by atoms with E-state index in [1.54, 1.807) is 11.9 Å². The van der Waals surface area contributed by atoms with Gasteiger partial charge < -0.3 is 9.64 Å². The number of ether oxygens (including phenoxy) is 1. The van der Waals surface area contributed by atoms with E-state index in [4.69, 9.17) is 16.3 Å². The Balaban J connectivity index is 1.84. The summed E-state index contributed by atoms with van der Waals surface area (Å²) in [5.74, 6) is 0.437. The summed E-state index contributed by atoms with van der Waals surface area (Å²) < 4.78 is 9.95. The van der Waals surface area contributed by atoms with Gasteiger partial charge in [-0.2, -0.15) is 0 Å². The predicted octanol–water partition coefficient (Wildman–Crippen LogP) is 3.27. The molecular weight excluding hydrogens is 336 g/mol. The van der Waals surface area contributed by atoms with Crippen LogP contribution in [-0.4, -0.2) is 57.8 Å². The molecule has 1 saturated heterocycles. The Morgan fingerprint density at radius 2 is 2.26 bits per heavy atom. The molecule has 1 aliphatic rings. The van der Waals surface area contributed by atoms with Crippen molar-refractivity contribution in [3.63, 3.8) is 0 Å². The van der Waals surface area contributed by atoms with Crippen LogP contribution >= 0.6 is 23.1 Å². The van der Waals surface area contributed by atoms with Crippen LogP contribution in [0.3, 0.4) is 0 Å². The second kappa shape index (κ2) is 7.77. The Morgan fingerprint density at radius 1 is 1.52 bits per heavy atom. The molecule has 1 amide bonds. The number of amides is 1. The van der Waals surface area contributed by atoms with Gasteiger partial charge in [-0.15, -0.1) is 5.10 Å². The first-order chi connectivity index (χ1) is 10.7. The Bertz CT molecular complexity index is 532. The van der Waals surface area contributed by atoms with Gasteiger partial charge in [-0.1, -0.05) is 16.1 Å². The topological polar surface area (TPSA) is 58.6 Å². The van der Waals surface area contributed by atoms with Gasteiger partial charge in [0.25, 0.3) is 0 Å². The molecule has 0 aromatic carbocycles. The number of likely N-dealkylation sites (tertiary alicyclic amines) is 1. The monoisotopic (exact) mass is 360 g/mol. The van der Waals surface area contributed by atoms with Crippen molar-refractivity contribution >= 4 is 29.2 Å². The van der Waals surface area contributed by atoms with Gasteiger partial charge in [0.15, 0.2) is 0 Å². The summed E-state index contributed by atoms with van der Waals surface area (Å²) in [6.45, 7) is 9.03. The molecule has 23 heavy (non-hydrogen) atoms. The van der Waals surface area contributed by atoms with E-state index < -0.39 is 5.60 Å². The maximum absolute atomic E-state index is 12.1. The summed E-state index contributed by atoms with van der Waals surface area (Å²) in [5, 5.41) is 4.07. The molecule has 0 unspecified atom stereocenters. The minimum absolute atomic E-state index is 0.263. The lowest BCUT2D eigenvalue weighted by molar-refractivity contribution is 0.0241. The second-order valence-electron chi connectivity index (χ2n) is 7.10. The van der Waals surface area contributed by atoms with Gasteiger partial charge in [0.1, 0.15) is 15.6 Å². The number of carbonyl (C=O) groups excluding carboxylic acids is 1. The van der Waals surface area contributed by atoms with Crippen LogP contribution in [0.1, 0.15) is 39.3 Å². The van der Waals surface area contributed by atoms with Crippen molar-refractivity contribution in [1.82, 2.24) is 19.4 Å². The summed E-state index contributed by atoms with van der Waals surface area (Å²) in [4.78, 5) is 16.1. The highest BCUT2D eigenvalue weighted by atomic mass is 35.5. The number of hydrogen-bond acceptors (Lipinski definition) is 6. The maximum atomic E-state index is 12.1. The predicted molar refractivity (Wildman–Crippen MR) is 91.8 cm³/mol. The molecule has 0 N–H and O–H groups in total. The van der Waals surface area contributed by atoms with Gasteiger partial charge >= 0.3 is 6.09 Å². The number of halogens is 1. The third kappa shape index (κ3) is 5.90. The molecule has 0 radical (unpaired) electrons. The first-order valence-electron chi connectivity index (χ1n) is 7.88. The van der Waals surface area contributed by atoms with E-state index in [2.05, 4.69) is 14.5 Å². The fraction of sp³-hybridized carbons (Fsp3) is 0.800. The second-order valence-corrected chi connectivity index (χ2v) is 8.45. The zero-order chi connectivity index (χ0) is 17.0. The molecule has 0 spiro atoms. The van der Waals surface area contributed by atoms with Crippen molar-refractivity contribution < 1.29 is 9.53 Å². The van der Waals surface area contributed by atoms with Crippen LogP contribution in [0.25, 0.3) is 0 Å². The van der Waals surface area contributed by atoms with Crippen molar-refractivity contribution in [1.29, 1.82) is 0 Å². The normalized spacial score (nSPS) is 19.6. The number of rotatable bonds is 4. The van der Waals surface area contributed by atoms with E-state index in [-0.39, 0.29) is 6.09 Å². The lowest BCUT2D eigenvalue weighted by Crippen LogP contribution is -2.42. The van der Waals surface area contributed by atoms with Crippen LogP contribution in [0, 0.1) is 5.92 Å². The van der Waals surface area contributed by atoms with E-state index in [1.165, 1.54) is 11.5 Å². The molecule has 1 aliphatic heterocycles. The summed E-state index contributed by atoms with van der Waals surface area (Å²) >= 11 is 7.30. The largest absolute Gasteiger partial charge is 0.444 e. The highest BCUT2D eigenvalue weighted by Crippen LogP contribution is 2.23. The van der Waals surface area contributed by atoms with Crippen molar-refractivity contribution in [2.75, 3.05) is 26.7 Å². The smallest absolute Gasteiger partial charge is 0.410 e. The molecule has 1 aromatic rings. The van der Waals surface area contributed by atoms with Crippen molar-refractivity contribution in [3.05, 3.63) is 10.0 Å². The minimum Gasteiger partial charge on any atom is -0.444 e. The van der Waals surface area contributed by atoms with Gasteiger partial charge in [0.2, 0.25) is 0 Å². The van der Waals surface area contributed by atoms with E-state index in [9.17, 15) is 4.79 Å². The van der Waals surface area contributed by atoms with Gasteiger partial charge in [0, 0.05) is 38.2 Å². The molecular formula is C15H25ClN4O2S. The summed E-state index contributed by atoms with van der Waals surface area (Å²) in [7, 11) is 1.80. The third-order valence-electron chi connectivity index (χ3n) is 3.72. The lowest BCUT2D eigenvalue weighted by Gasteiger charge is -2.34. The highest BCUT2D eigenvalue weighted by Gasteiger charge is 2.26. The standard InChI is InChI=1S/C15H25ClN4O2S/c1-15(2,3)22-14(21)19(4)8-11-6-5-7-20(9-11)10-12-13(16)23-18-17-12/h11H,5-10H2,1-4H3/t11-/m0/s1. The average Bonchev–Trinajstić information content (AvgIpc) is 2.83. The van der Waals surface area contributed by atoms with E-state index >= 15 is 0 Å². The van der Waals surface area contributed by atoms with Crippen LogP contribution in [-0.2, 0) is 11.3 Å². The third-order valence-corrected chi connectivity index (χ3v) is 4.71. The molecule has 1 fully saturated rings. The lowest BCUT2D eigenvalue weighted by atomic mass is 9.97. The van der Waals surface area contributed by atoms with E-state index in [0.29, 0.717) is 16.8 Å². The quantitative estimate of drug-likeness (QED) is 0.824. The zero-order valence-electron chi connectivity index (χ0n) is 14.2. The van der Waals surface area contributed by atoms with Gasteiger partial charge in [-0.25, -0.2) is 4.79 Å². The zero-order valence-corrected chi connectivity index (χ0v) is 15.8. The van der Waals surface area contributed by atoms with E-state index in [0.717, 1.165) is 38.2 Å². The Labute approximate surface area is 146 Å². The van der Waals surface area contributed by atoms with Crippen LogP contribution in [0.5, 0.6) is 0 Å². The number of aromatic nitrogens is 2. The Hall–Kier alpha value is -0.920. The van der Waals surface area contributed by atoms with E-state index in [1.807, 2.05) is 20.8 Å². The minimum atomic E-state index is -0.460. The van der Waals surface area contributed by atoms with Gasteiger partial charge in [-0.3, -0.25) is 4.90 Å². The van der Waals surface area contributed by atoms with Crippen molar-refractivity contribution in [2.45, 2.75) is 45.8 Å². The highest BCUT2D eigenvalue weighted by molar-refractivity contribution is 7.10. The summed E-state index contributed by atoms with van der Waals surface area (Å²) in [6.07, 6.45) is 1.97. The molecule has 6 nitrogen and oxygen atoms in total. The fourth-order valence-corrected chi connectivity index (χ4v) is 3.36. The number of nitrogens with zero attached hydrogens (tertiary/aromatic N) is 4. The molecule has 8 heteroatoms. The Kier molecular flexibility index (Phi) is 6.22. The summed E-state index contributed by atoms with van der Waals surface area (Å²) in [5.41, 5.74) is 0.385. The molecule has 130 valence electrons. The Morgan fingerprint density at radius 3 is 2.87 bits per heavy atom. The van der Waals surface area contributed by atoms with Crippen molar-refractivity contribution in [2.24, 2.45) is 5.92 Å². The SMILES string of the molecule is CN(C[C@@H]1CCCN(Cc2nnsc2Cl)C1)C(=O)OC(C)(C)C. The molecule has 0 aliphatic carbocycles. The molecule has 1 atom stereocenters. The molecule has 0 bridgehead atoms. The van der Waals surface area contributed by atoms with Crippen LogP contribution in [0.4, 0.5) is 4.79 Å². The van der Waals surface area contributed by atoms with Crippen molar-refractivity contribution in [3.8, 4) is 0 Å². The number of piperidine rings is 1. The fourth-order valence-electron chi connectivity index (χ4n) is 2.75. The van der Waals surface area contributed by atoms with Gasteiger partial charge in [-0.05, 0) is 46.1 Å². The average molecular weight is 361 g/mol.